The zero-order valence-electron chi connectivity index (χ0n) is 9.58. The van der Waals surface area contributed by atoms with Crippen LogP contribution in [0.2, 0.25) is 0 Å². The Bertz CT molecular complexity index is 635. The Morgan fingerprint density at radius 1 is 1.33 bits per heavy atom. The molecule has 1 aromatic rings. The maximum Gasteiger partial charge on any atom is 0.394 e. The van der Waals surface area contributed by atoms with Crippen LogP contribution in [-0.4, -0.2) is 37.7 Å². The molecule has 7 heteroatoms. The minimum atomic E-state index is -3.44. The first-order chi connectivity index (χ1) is 8.34. The zero-order chi connectivity index (χ0) is 13.5. The standard InChI is InChI=1S/C11H11NO5S/c1-7-3-2-4-8-9(7)12(10(13)11(14)15)5-6-18(8,16)17/h2-4H,5-6H2,1H3,(H,14,15). The Labute approximate surface area is 104 Å². The number of nitrogens with zero attached hydrogens (tertiary/aromatic N) is 1. The number of aryl methyl sites for hydroxylation is 1. The van der Waals surface area contributed by atoms with E-state index in [9.17, 15) is 18.0 Å². The van der Waals surface area contributed by atoms with Gasteiger partial charge in [-0.25, -0.2) is 13.2 Å². The van der Waals surface area contributed by atoms with Crippen LogP contribution in [0.4, 0.5) is 5.69 Å². The molecule has 0 radical (unpaired) electrons. The number of carbonyl (C=O) groups is 2. The number of aliphatic carboxylic acids is 1. The molecule has 2 rings (SSSR count). The van der Waals surface area contributed by atoms with E-state index < -0.39 is 21.7 Å². The van der Waals surface area contributed by atoms with Gasteiger partial charge in [-0.05, 0) is 18.6 Å². The third-order valence-corrected chi connectivity index (χ3v) is 4.54. The molecule has 0 unspecified atom stereocenters. The highest BCUT2D eigenvalue weighted by Crippen LogP contribution is 2.33. The van der Waals surface area contributed by atoms with Crippen LogP contribution in [0.25, 0.3) is 0 Å². The monoisotopic (exact) mass is 269 g/mol. The number of para-hydroxylation sites is 1. The number of sulfone groups is 1. The molecule has 0 atom stereocenters. The summed E-state index contributed by atoms with van der Waals surface area (Å²) in [5, 5.41) is 8.74. The van der Waals surface area contributed by atoms with Crippen LogP contribution in [0.1, 0.15) is 5.56 Å². The van der Waals surface area contributed by atoms with Gasteiger partial charge in [-0.1, -0.05) is 12.1 Å². The van der Waals surface area contributed by atoms with Crippen molar-refractivity contribution in [3.8, 4) is 0 Å². The maximum atomic E-state index is 11.9. The number of hydrogen-bond acceptors (Lipinski definition) is 4. The highest BCUT2D eigenvalue weighted by molar-refractivity contribution is 7.91. The van der Waals surface area contributed by atoms with Crippen LogP contribution >= 0.6 is 0 Å². The molecule has 0 aliphatic carbocycles. The lowest BCUT2D eigenvalue weighted by Crippen LogP contribution is -2.43. The number of carboxylic acid groups (broad SMARTS) is 1. The lowest BCUT2D eigenvalue weighted by Gasteiger charge is -2.29. The Hall–Kier alpha value is -1.89. The lowest BCUT2D eigenvalue weighted by molar-refractivity contribution is -0.148. The van der Waals surface area contributed by atoms with Crippen LogP contribution in [0.3, 0.4) is 0 Å². The lowest BCUT2D eigenvalue weighted by atomic mass is 10.1. The van der Waals surface area contributed by atoms with E-state index in [0.29, 0.717) is 5.56 Å². The number of amides is 1. The third-order valence-electron chi connectivity index (χ3n) is 2.82. The smallest absolute Gasteiger partial charge is 0.394 e. The average molecular weight is 269 g/mol. The Balaban J connectivity index is 2.66. The fourth-order valence-corrected chi connectivity index (χ4v) is 3.48. The van der Waals surface area contributed by atoms with Crippen LogP contribution in [0.15, 0.2) is 23.1 Å². The molecule has 96 valence electrons. The van der Waals surface area contributed by atoms with E-state index in [2.05, 4.69) is 0 Å². The molecule has 1 aromatic carbocycles. The van der Waals surface area contributed by atoms with Gasteiger partial charge >= 0.3 is 11.9 Å². The molecule has 0 saturated carbocycles. The van der Waals surface area contributed by atoms with Crippen molar-refractivity contribution in [2.75, 3.05) is 17.2 Å². The number of fused-ring (bicyclic) bond motifs is 1. The SMILES string of the molecule is Cc1cccc2c1N(C(=O)C(=O)O)CCS2(=O)=O. The normalized spacial score (nSPS) is 17.1. The third kappa shape index (κ3) is 1.86. The van der Waals surface area contributed by atoms with E-state index in [1.54, 1.807) is 19.1 Å². The van der Waals surface area contributed by atoms with Gasteiger partial charge in [-0.3, -0.25) is 4.79 Å². The van der Waals surface area contributed by atoms with E-state index in [-0.39, 0.29) is 22.9 Å². The predicted octanol–water partition coefficient (Wildman–Crippen LogP) is 0.200. The summed E-state index contributed by atoms with van der Waals surface area (Å²) in [4.78, 5) is 23.3. The van der Waals surface area contributed by atoms with Crippen molar-refractivity contribution in [3.63, 3.8) is 0 Å². The molecular weight excluding hydrogens is 258 g/mol. The van der Waals surface area contributed by atoms with Gasteiger partial charge in [0.05, 0.1) is 16.3 Å². The van der Waals surface area contributed by atoms with Gasteiger partial charge in [0.25, 0.3) is 0 Å². The summed E-state index contributed by atoms with van der Waals surface area (Å²) in [6.45, 7) is 1.51. The molecule has 0 spiro atoms. The van der Waals surface area contributed by atoms with Crippen molar-refractivity contribution in [2.45, 2.75) is 11.8 Å². The molecule has 0 bridgehead atoms. The Morgan fingerprint density at radius 3 is 2.61 bits per heavy atom. The van der Waals surface area contributed by atoms with E-state index in [1.807, 2.05) is 0 Å². The predicted molar refractivity (Wildman–Crippen MR) is 63.2 cm³/mol. The molecule has 0 fully saturated rings. The largest absolute Gasteiger partial charge is 0.474 e. The number of benzene rings is 1. The second kappa shape index (κ2) is 4.09. The molecule has 6 nitrogen and oxygen atoms in total. The quantitative estimate of drug-likeness (QED) is 0.679. The first-order valence-corrected chi connectivity index (χ1v) is 6.87. The fraction of sp³-hybridized carbons (Fsp3) is 0.273. The maximum absolute atomic E-state index is 11.9. The number of anilines is 1. The van der Waals surface area contributed by atoms with Crippen molar-refractivity contribution in [3.05, 3.63) is 23.8 Å². The molecular formula is C11H11NO5S. The van der Waals surface area contributed by atoms with Gasteiger partial charge in [-0.15, -0.1) is 0 Å². The number of rotatable bonds is 0. The molecule has 0 saturated heterocycles. The molecule has 1 heterocycles. The summed E-state index contributed by atoms with van der Waals surface area (Å²) in [7, 11) is -3.44. The Morgan fingerprint density at radius 2 is 2.00 bits per heavy atom. The first kappa shape index (κ1) is 12.6. The molecule has 18 heavy (non-hydrogen) atoms. The van der Waals surface area contributed by atoms with Crippen molar-refractivity contribution in [2.24, 2.45) is 0 Å². The van der Waals surface area contributed by atoms with Gasteiger partial charge in [-0.2, -0.15) is 0 Å². The first-order valence-electron chi connectivity index (χ1n) is 5.22. The van der Waals surface area contributed by atoms with E-state index >= 15 is 0 Å². The number of carboxylic acids is 1. The molecule has 1 N–H and O–H groups in total. The van der Waals surface area contributed by atoms with Crippen LogP contribution < -0.4 is 4.90 Å². The molecule has 1 amide bonds. The van der Waals surface area contributed by atoms with Gasteiger partial charge in [0.1, 0.15) is 0 Å². The minimum absolute atomic E-state index is 0.0170. The Kier molecular flexibility index (Phi) is 2.86. The van der Waals surface area contributed by atoms with Gasteiger partial charge in [0, 0.05) is 6.54 Å². The summed E-state index contributed by atoms with van der Waals surface area (Å²) in [6.07, 6.45) is 0. The zero-order valence-corrected chi connectivity index (χ0v) is 10.4. The summed E-state index contributed by atoms with van der Waals surface area (Å²) < 4.78 is 23.8. The average Bonchev–Trinajstić information content (AvgIpc) is 2.29. The summed E-state index contributed by atoms with van der Waals surface area (Å²) in [5.74, 6) is -2.97. The molecule has 1 aliphatic rings. The van der Waals surface area contributed by atoms with Crippen molar-refractivity contribution >= 4 is 27.4 Å². The van der Waals surface area contributed by atoms with E-state index in [1.165, 1.54) is 6.07 Å². The van der Waals surface area contributed by atoms with Crippen molar-refractivity contribution < 1.29 is 23.1 Å². The van der Waals surface area contributed by atoms with E-state index in [0.717, 1.165) is 4.90 Å². The second-order valence-electron chi connectivity index (χ2n) is 4.00. The number of hydrogen-bond donors (Lipinski definition) is 1. The molecule has 1 aliphatic heterocycles. The minimum Gasteiger partial charge on any atom is -0.474 e. The summed E-state index contributed by atoms with van der Waals surface area (Å²) >= 11 is 0. The topological polar surface area (TPSA) is 91.8 Å². The van der Waals surface area contributed by atoms with Crippen LogP contribution in [-0.2, 0) is 19.4 Å². The highest BCUT2D eigenvalue weighted by Gasteiger charge is 2.34. The van der Waals surface area contributed by atoms with Crippen molar-refractivity contribution in [1.29, 1.82) is 0 Å². The van der Waals surface area contributed by atoms with Crippen LogP contribution in [0, 0.1) is 6.92 Å². The van der Waals surface area contributed by atoms with E-state index in [4.69, 9.17) is 5.11 Å². The number of carbonyl (C=O) groups excluding carboxylic acids is 1. The summed E-state index contributed by atoms with van der Waals surface area (Å²) in [5.41, 5.74) is 0.738. The highest BCUT2D eigenvalue weighted by atomic mass is 32.2. The van der Waals surface area contributed by atoms with Gasteiger partial charge < -0.3 is 10.0 Å². The van der Waals surface area contributed by atoms with Crippen LogP contribution in [0.5, 0.6) is 0 Å². The molecule has 0 aromatic heterocycles. The fourth-order valence-electron chi connectivity index (χ4n) is 1.98. The second-order valence-corrected chi connectivity index (χ2v) is 6.08. The summed E-state index contributed by atoms with van der Waals surface area (Å²) in [6, 6.07) is 4.60. The van der Waals surface area contributed by atoms with Crippen molar-refractivity contribution in [1.82, 2.24) is 0 Å². The van der Waals surface area contributed by atoms with Gasteiger partial charge in [0.15, 0.2) is 9.84 Å². The van der Waals surface area contributed by atoms with Gasteiger partial charge in [0.2, 0.25) is 0 Å².